The number of nitrogens with one attached hydrogen (secondary N) is 3. The van der Waals surface area contributed by atoms with Gasteiger partial charge in [-0.05, 0) is 67.1 Å². The van der Waals surface area contributed by atoms with Crippen molar-refractivity contribution in [3.63, 3.8) is 0 Å². The van der Waals surface area contributed by atoms with E-state index in [1.165, 1.54) is 40.8 Å². The summed E-state index contributed by atoms with van der Waals surface area (Å²) in [5.74, 6) is -4.16. The monoisotopic (exact) mass is 679 g/mol. The van der Waals surface area contributed by atoms with Crippen LogP contribution in [-0.2, 0) is 26.0 Å². The molecule has 1 aromatic heterocycles. The average Bonchev–Trinajstić information content (AvgIpc) is 3.13. The smallest absolute Gasteiger partial charge is 0.407 e. The molecular formula is C31H33ClF3N5O5S. The Labute approximate surface area is 269 Å². The van der Waals surface area contributed by atoms with Crippen molar-refractivity contribution in [3.8, 4) is 0 Å². The molecule has 3 N–H and O–H groups in total. The second kappa shape index (κ2) is 14.4. The van der Waals surface area contributed by atoms with E-state index in [9.17, 15) is 26.8 Å². The minimum atomic E-state index is -3.47. The van der Waals surface area contributed by atoms with Crippen LogP contribution in [-0.4, -0.2) is 73.8 Å². The van der Waals surface area contributed by atoms with Crippen molar-refractivity contribution >= 4 is 39.3 Å². The van der Waals surface area contributed by atoms with E-state index in [1.54, 1.807) is 0 Å². The van der Waals surface area contributed by atoms with Crippen molar-refractivity contribution in [3.05, 3.63) is 94.0 Å². The van der Waals surface area contributed by atoms with Gasteiger partial charge in [0.05, 0.1) is 24.1 Å². The molecule has 2 fully saturated rings. The molecule has 5 atom stereocenters. The first kappa shape index (κ1) is 33.6. The molecule has 2 aliphatic heterocycles. The number of ether oxygens (including phenoxy) is 1. The molecule has 2 bridgehead atoms. The predicted molar refractivity (Wildman–Crippen MR) is 165 cm³/mol. The SMILES string of the molecule is COC(=O)N[C@H](C(=O)Nc1cccc(F)c1CCC1CNC2CCCS(=O)(=O)N1C2)[C@H](c1cncc(F)c1)c1ccc(Cl)c(F)c1. The number of hydrogen-bond acceptors (Lipinski definition) is 7. The molecule has 0 saturated carbocycles. The zero-order chi connectivity index (χ0) is 33.0. The van der Waals surface area contributed by atoms with E-state index in [0.717, 1.165) is 31.9 Å². The highest BCUT2D eigenvalue weighted by atomic mass is 35.5. The molecule has 0 spiro atoms. The van der Waals surface area contributed by atoms with Gasteiger partial charge in [-0.15, -0.1) is 0 Å². The number of pyridine rings is 1. The molecule has 15 heteroatoms. The number of nitrogens with zero attached hydrogens (tertiary/aromatic N) is 2. The van der Waals surface area contributed by atoms with Gasteiger partial charge in [-0.1, -0.05) is 23.7 Å². The fourth-order valence-electron chi connectivity index (χ4n) is 6.06. The Morgan fingerprint density at radius 1 is 1.13 bits per heavy atom. The van der Waals surface area contributed by atoms with Gasteiger partial charge in [0.25, 0.3) is 0 Å². The van der Waals surface area contributed by atoms with Gasteiger partial charge in [-0.25, -0.2) is 26.4 Å². The van der Waals surface area contributed by atoms with Crippen LogP contribution in [0.5, 0.6) is 0 Å². The lowest BCUT2D eigenvalue weighted by atomic mass is 9.85. The molecule has 46 heavy (non-hydrogen) atoms. The Morgan fingerprint density at radius 3 is 2.67 bits per heavy atom. The minimum Gasteiger partial charge on any atom is -0.453 e. The zero-order valence-electron chi connectivity index (χ0n) is 24.8. The van der Waals surface area contributed by atoms with Crippen LogP contribution in [0, 0.1) is 17.5 Å². The van der Waals surface area contributed by atoms with E-state index in [0.29, 0.717) is 19.5 Å². The van der Waals surface area contributed by atoms with Gasteiger partial charge in [0.15, 0.2) is 0 Å². The molecule has 3 aromatic rings. The van der Waals surface area contributed by atoms with Crippen molar-refractivity contribution in [2.75, 3.05) is 31.3 Å². The molecule has 3 unspecified atom stereocenters. The predicted octanol–water partition coefficient (Wildman–Crippen LogP) is 4.35. The second-order valence-corrected chi connectivity index (χ2v) is 13.7. The molecular weight excluding hydrogens is 647 g/mol. The molecule has 246 valence electrons. The molecule has 0 radical (unpaired) electrons. The lowest BCUT2D eigenvalue weighted by Crippen LogP contribution is -2.57. The van der Waals surface area contributed by atoms with Crippen LogP contribution in [0.1, 0.15) is 41.9 Å². The number of rotatable bonds is 9. The van der Waals surface area contributed by atoms with Gasteiger partial charge in [0.2, 0.25) is 15.9 Å². The number of anilines is 1. The van der Waals surface area contributed by atoms with Crippen LogP contribution < -0.4 is 16.0 Å². The Morgan fingerprint density at radius 2 is 1.93 bits per heavy atom. The number of aromatic nitrogens is 1. The first-order chi connectivity index (χ1) is 22.0. The van der Waals surface area contributed by atoms with Crippen molar-refractivity contribution in [2.24, 2.45) is 0 Å². The molecule has 2 aromatic carbocycles. The van der Waals surface area contributed by atoms with Crippen molar-refractivity contribution in [1.29, 1.82) is 0 Å². The topological polar surface area (TPSA) is 130 Å². The first-order valence-corrected chi connectivity index (χ1v) is 16.7. The summed E-state index contributed by atoms with van der Waals surface area (Å²) >= 11 is 5.89. The Hall–Kier alpha value is -3.72. The molecule has 3 heterocycles. The summed E-state index contributed by atoms with van der Waals surface area (Å²) in [7, 11) is -2.38. The summed E-state index contributed by atoms with van der Waals surface area (Å²) in [4.78, 5) is 30.3. The number of hydrogen-bond donors (Lipinski definition) is 3. The van der Waals surface area contributed by atoms with Crippen molar-refractivity contribution < 1.29 is 35.9 Å². The summed E-state index contributed by atoms with van der Waals surface area (Å²) in [5.41, 5.74) is 0.496. The van der Waals surface area contributed by atoms with Gasteiger partial charge in [-0.2, -0.15) is 4.31 Å². The lowest BCUT2D eigenvalue weighted by Gasteiger charge is -2.37. The van der Waals surface area contributed by atoms with Gasteiger partial charge in [-0.3, -0.25) is 9.78 Å². The van der Waals surface area contributed by atoms with Gasteiger partial charge < -0.3 is 20.7 Å². The number of alkyl carbamates (subject to hydrolysis) is 1. The fourth-order valence-corrected chi connectivity index (χ4v) is 7.99. The third-order valence-corrected chi connectivity index (χ3v) is 10.6. The third kappa shape index (κ3) is 7.63. The quantitative estimate of drug-likeness (QED) is 0.307. The number of methoxy groups -OCH3 is 1. The zero-order valence-corrected chi connectivity index (χ0v) is 26.4. The van der Waals surface area contributed by atoms with Crippen molar-refractivity contribution in [1.82, 2.24) is 19.9 Å². The van der Waals surface area contributed by atoms with E-state index < -0.39 is 57.5 Å². The maximum atomic E-state index is 15.3. The van der Waals surface area contributed by atoms with E-state index >= 15 is 4.39 Å². The second-order valence-electron chi connectivity index (χ2n) is 11.3. The maximum absolute atomic E-state index is 15.3. The Balaban J connectivity index is 1.46. The third-order valence-electron chi connectivity index (χ3n) is 8.33. The fraction of sp³-hybridized carbons (Fsp3) is 0.387. The number of carbonyl (C=O) groups excluding carboxylic acids is 2. The standard InChI is InChI=1S/C31H33ClF3N5O5S/c1-45-31(42)39-29(28(19-12-20(33)15-36-14-19)18-7-10-24(32)26(35)13-18)30(41)38-27-6-2-5-25(34)23(27)9-8-22-16-37-21-4-3-11-46(43,44)40(22)17-21/h2,5-7,10,12-15,21-22,28-29,37H,3-4,8-9,11,16-17H2,1H3,(H,38,41)(H,39,42)/t21?,22?,28-,29-/m0/s1. The normalized spacial score (nSPS) is 21.8. The number of fused-ring (bicyclic) bond motifs is 2. The average molecular weight is 680 g/mol. The van der Waals surface area contributed by atoms with Crippen LogP contribution in [0.25, 0.3) is 0 Å². The highest BCUT2D eigenvalue weighted by molar-refractivity contribution is 7.89. The Kier molecular flexibility index (Phi) is 10.5. The lowest BCUT2D eigenvalue weighted by molar-refractivity contribution is -0.118. The highest BCUT2D eigenvalue weighted by Crippen LogP contribution is 2.32. The van der Waals surface area contributed by atoms with Crippen LogP contribution in [0.3, 0.4) is 0 Å². The minimum absolute atomic E-state index is 0.0524. The van der Waals surface area contributed by atoms with Gasteiger partial charge >= 0.3 is 6.09 Å². The van der Waals surface area contributed by atoms with E-state index in [2.05, 4.69) is 20.9 Å². The molecule has 2 amide bonds. The number of piperazine rings is 1. The largest absolute Gasteiger partial charge is 0.453 e. The van der Waals surface area contributed by atoms with E-state index in [4.69, 9.17) is 16.3 Å². The van der Waals surface area contributed by atoms with E-state index in [-0.39, 0.29) is 52.0 Å². The number of halogens is 4. The molecule has 0 aliphatic carbocycles. The summed E-state index contributed by atoms with van der Waals surface area (Å²) in [6, 6.07) is 7.05. The first-order valence-electron chi connectivity index (χ1n) is 14.7. The van der Waals surface area contributed by atoms with E-state index in [1.807, 2.05) is 0 Å². The molecule has 5 rings (SSSR count). The summed E-state index contributed by atoms with van der Waals surface area (Å²) in [6.45, 7) is 0.753. The number of sulfonamides is 1. The van der Waals surface area contributed by atoms with Crippen molar-refractivity contribution in [2.45, 2.75) is 49.7 Å². The summed E-state index contributed by atoms with van der Waals surface area (Å²) in [5, 5.41) is 8.30. The Bertz CT molecular complexity index is 1720. The number of benzene rings is 2. The summed E-state index contributed by atoms with van der Waals surface area (Å²) < 4.78 is 76.4. The molecule has 2 aliphatic rings. The molecule has 2 saturated heterocycles. The van der Waals surface area contributed by atoms with Crippen LogP contribution >= 0.6 is 11.6 Å². The number of amides is 2. The van der Waals surface area contributed by atoms with Crippen LogP contribution in [0.4, 0.5) is 23.7 Å². The van der Waals surface area contributed by atoms with Gasteiger partial charge in [0, 0.05) is 48.5 Å². The van der Waals surface area contributed by atoms with Crippen LogP contribution in [0.15, 0.2) is 54.9 Å². The molecule has 10 nitrogen and oxygen atoms in total. The van der Waals surface area contributed by atoms with Gasteiger partial charge in [0.1, 0.15) is 23.5 Å². The summed E-state index contributed by atoms with van der Waals surface area (Å²) in [6.07, 6.45) is 2.88. The highest BCUT2D eigenvalue weighted by Gasteiger charge is 2.38. The maximum Gasteiger partial charge on any atom is 0.407 e. The number of carbonyl (C=O) groups is 2. The van der Waals surface area contributed by atoms with Crippen LogP contribution in [0.2, 0.25) is 5.02 Å².